The molecule has 4 rings (SSSR count). The zero-order valence-corrected chi connectivity index (χ0v) is 17.6. The van der Waals surface area contributed by atoms with Crippen LogP contribution < -0.4 is 5.32 Å². The van der Waals surface area contributed by atoms with E-state index in [-0.39, 0.29) is 5.91 Å². The third kappa shape index (κ3) is 4.46. The summed E-state index contributed by atoms with van der Waals surface area (Å²) in [7, 11) is 0. The van der Waals surface area contributed by atoms with E-state index in [9.17, 15) is 14.7 Å². The number of benzene rings is 2. The Balaban J connectivity index is 1.60. The molecule has 2 N–H and O–H groups in total. The summed E-state index contributed by atoms with van der Waals surface area (Å²) in [6.45, 7) is 0.540. The lowest BCUT2D eigenvalue weighted by molar-refractivity contribution is -0.145. The summed E-state index contributed by atoms with van der Waals surface area (Å²) in [4.78, 5) is 27.0. The van der Waals surface area contributed by atoms with Crippen LogP contribution in [0.3, 0.4) is 0 Å². The number of amides is 1. The maximum Gasteiger partial charge on any atom is 0.308 e. The summed E-state index contributed by atoms with van der Waals surface area (Å²) in [6, 6.07) is 14.7. The molecule has 5 nitrogen and oxygen atoms in total. The van der Waals surface area contributed by atoms with Crippen molar-refractivity contribution in [3.05, 3.63) is 64.7 Å². The quantitative estimate of drug-likeness (QED) is 0.674. The fourth-order valence-electron chi connectivity index (χ4n) is 4.74. The molecule has 2 atom stereocenters. The lowest BCUT2D eigenvalue weighted by atomic mass is 9.84. The Morgan fingerprint density at radius 1 is 0.933 bits per heavy atom. The van der Waals surface area contributed by atoms with Crippen molar-refractivity contribution >= 4 is 29.2 Å². The van der Waals surface area contributed by atoms with Gasteiger partial charge in [-0.3, -0.25) is 9.59 Å². The second-order valence-electron chi connectivity index (χ2n) is 8.28. The number of carboxylic acid groups (broad SMARTS) is 1. The number of rotatable bonds is 5. The Morgan fingerprint density at radius 3 is 2.23 bits per heavy atom. The molecule has 0 spiro atoms. The van der Waals surface area contributed by atoms with E-state index in [0.29, 0.717) is 36.0 Å². The number of hydrogen-bond donors (Lipinski definition) is 2. The summed E-state index contributed by atoms with van der Waals surface area (Å²) in [5, 5.41) is 14.0. The fraction of sp³-hybridized carbons (Fsp3) is 0.417. The number of carbonyl (C=O) groups excluding carboxylic acids is 1. The average molecular weight is 427 g/mol. The Hall–Kier alpha value is -2.53. The molecule has 0 aromatic heterocycles. The molecule has 2 aliphatic rings. The highest BCUT2D eigenvalue weighted by molar-refractivity contribution is 6.30. The van der Waals surface area contributed by atoms with Gasteiger partial charge in [-0.1, -0.05) is 36.6 Å². The molecule has 1 heterocycles. The Labute approximate surface area is 182 Å². The Morgan fingerprint density at radius 2 is 1.60 bits per heavy atom. The predicted octanol–water partition coefficient (Wildman–Crippen LogP) is 5.37. The number of hydrogen-bond acceptors (Lipinski definition) is 3. The van der Waals surface area contributed by atoms with Gasteiger partial charge >= 0.3 is 5.97 Å². The van der Waals surface area contributed by atoms with Crippen LogP contribution in [-0.2, 0) is 4.79 Å². The highest BCUT2D eigenvalue weighted by Crippen LogP contribution is 2.38. The second kappa shape index (κ2) is 9.09. The molecule has 2 unspecified atom stereocenters. The van der Waals surface area contributed by atoms with Crippen LogP contribution in [0.2, 0.25) is 5.02 Å². The largest absolute Gasteiger partial charge is 0.481 e. The van der Waals surface area contributed by atoms with Crippen LogP contribution in [0.5, 0.6) is 0 Å². The van der Waals surface area contributed by atoms with Gasteiger partial charge in [0.15, 0.2) is 0 Å². The van der Waals surface area contributed by atoms with Crippen molar-refractivity contribution in [1.29, 1.82) is 0 Å². The van der Waals surface area contributed by atoms with Gasteiger partial charge in [-0.2, -0.15) is 0 Å². The lowest BCUT2D eigenvalue weighted by Gasteiger charge is -2.40. The highest BCUT2D eigenvalue weighted by atomic mass is 35.5. The summed E-state index contributed by atoms with van der Waals surface area (Å²) >= 11 is 5.96. The predicted molar refractivity (Wildman–Crippen MR) is 118 cm³/mol. The third-order valence-electron chi connectivity index (χ3n) is 6.28. The van der Waals surface area contributed by atoms with Gasteiger partial charge in [0.1, 0.15) is 0 Å². The monoisotopic (exact) mass is 426 g/mol. The fourth-order valence-corrected chi connectivity index (χ4v) is 4.86. The van der Waals surface area contributed by atoms with Crippen molar-refractivity contribution in [2.45, 2.75) is 50.6 Å². The van der Waals surface area contributed by atoms with Crippen LogP contribution in [-0.4, -0.2) is 34.5 Å². The first kappa shape index (κ1) is 20.7. The molecular formula is C24H27ClN2O3. The molecular weight excluding hydrogens is 400 g/mol. The number of likely N-dealkylation sites (tertiary alicyclic amines) is 1. The number of carboxylic acids is 1. The van der Waals surface area contributed by atoms with Crippen LogP contribution in [0, 0.1) is 5.92 Å². The molecule has 0 radical (unpaired) electrons. The van der Waals surface area contributed by atoms with E-state index in [1.807, 2.05) is 24.3 Å². The van der Waals surface area contributed by atoms with Crippen LogP contribution >= 0.6 is 11.6 Å². The molecule has 2 aromatic carbocycles. The van der Waals surface area contributed by atoms with Crippen molar-refractivity contribution in [2.75, 3.05) is 11.9 Å². The average Bonchev–Trinajstić information content (AvgIpc) is 3.27. The first-order chi connectivity index (χ1) is 14.5. The van der Waals surface area contributed by atoms with Gasteiger partial charge in [0, 0.05) is 28.9 Å². The van der Waals surface area contributed by atoms with Gasteiger partial charge in [-0.25, -0.2) is 0 Å². The van der Waals surface area contributed by atoms with Gasteiger partial charge < -0.3 is 15.3 Å². The Kier molecular flexibility index (Phi) is 6.28. The van der Waals surface area contributed by atoms with Crippen molar-refractivity contribution in [3.8, 4) is 0 Å². The molecule has 2 fully saturated rings. The molecule has 30 heavy (non-hydrogen) atoms. The van der Waals surface area contributed by atoms with Crippen LogP contribution in [0.1, 0.15) is 60.5 Å². The number of nitrogens with one attached hydrogen (secondary N) is 1. The van der Waals surface area contributed by atoms with Crippen LogP contribution in [0.25, 0.3) is 0 Å². The first-order valence-corrected chi connectivity index (χ1v) is 11.1. The van der Waals surface area contributed by atoms with E-state index >= 15 is 0 Å². The van der Waals surface area contributed by atoms with Gasteiger partial charge in [0.2, 0.25) is 0 Å². The minimum Gasteiger partial charge on any atom is -0.481 e. The normalized spacial score (nSPS) is 22.1. The second-order valence-corrected chi connectivity index (χ2v) is 8.72. The molecule has 1 amide bonds. The van der Waals surface area contributed by atoms with Gasteiger partial charge in [-0.05, 0) is 67.6 Å². The highest BCUT2D eigenvalue weighted by Gasteiger charge is 2.39. The number of anilines is 1. The smallest absolute Gasteiger partial charge is 0.308 e. The van der Waals surface area contributed by atoms with Crippen LogP contribution in [0.15, 0.2) is 48.5 Å². The summed E-state index contributed by atoms with van der Waals surface area (Å²) in [5.74, 6) is -1.64. The molecule has 158 valence electrons. The zero-order valence-electron chi connectivity index (χ0n) is 16.9. The van der Waals surface area contributed by atoms with E-state index in [1.165, 1.54) is 25.7 Å². The van der Waals surface area contributed by atoms with E-state index in [2.05, 4.69) is 5.32 Å². The topological polar surface area (TPSA) is 69.6 Å². The van der Waals surface area contributed by atoms with Crippen molar-refractivity contribution in [3.63, 3.8) is 0 Å². The lowest BCUT2D eigenvalue weighted by Crippen LogP contribution is -2.45. The molecule has 1 aliphatic carbocycles. The SMILES string of the molecule is O=C(O)C1CCCN(C(=O)c2ccc(Cl)cc2)C1c1ccc(NC2CCCC2)cc1. The Bertz CT molecular complexity index is 892. The molecule has 0 bridgehead atoms. The van der Waals surface area contributed by atoms with Crippen molar-refractivity contribution in [2.24, 2.45) is 5.92 Å². The molecule has 1 aliphatic heterocycles. The maximum atomic E-state index is 13.2. The summed E-state index contributed by atoms with van der Waals surface area (Å²) < 4.78 is 0. The van der Waals surface area contributed by atoms with E-state index < -0.39 is 17.9 Å². The van der Waals surface area contributed by atoms with E-state index in [1.54, 1.807) is 29.2 Å². The molecule has 6 heteroatoms. The van der Waals surface area contributed by atoms with Gasteiger partial charge in [0.05, 0.1) is 12.0 Å². The molecule has 1 saturated heterocycles. The molecule has 1 saturated carbocycles. The summed E-state index contributed by atoms with van der Waals surface area (Å²) in [5.41, 5.74) is 2.43. The van der Waals surface area contributed by atoms with E-state index in [0.717, 1.165) is 11.3 Å². The number of aliphatic carboxylic acids is 1. The van der Waals surface area contributed by atoms with Gasteiger partial charge in [-0.15, -0.1) is 0 Å². The first-order valence-electron chi connectivity index (χ1n) is 10.7. The minimum absolute atomic E-state index is 0.157. The number of piperidine rings is 1. The minimum atomic E-state index is -0.859. The standard InChI is InChI=1S/C24H27ClN2O3/c25-18-11-7-17(8-12-18)23(28)27-15-3-6-21(24(29)30)22(27)16-9-13-20(14-10-16)26-19-4-1-2-5-19/h7-14,19,21-22,26H,1-6,15H2,(H,29,30). The van der Waals surface area contributed by atoms with E-state index in [4.69, 9.17) is 11.6 Å². The van der Waals surface area contributed by atoms with Crippen LogP contribution in [0.4, 0.5) is 5.69 Å². The summed E-state index contributed by atoms with van der Waals surface area (Å²) in [6.07, 6.45) is 6.14. The number of nitrogens with zero attached hydrogens (tertiary/aromatic N) is 1. The van der Waals surface area contributed by atoms with Crippen molar-refractivity contribution < 1.29 is 14.7 Å². The van der Waals surface area contributed by atoms with Gasteiger partial charge in [0.25, 0.3) is 5.91 Å². The number of carbonyl (C=O) groups is 2. The molecule has 2 aromatic rings. The third-order valence-corrected chi connectivity index (χ3v) is 6.53. The maximum absolute atomic E-state index is 13.2. The number of halogens is 1. The van der Waals surface area contributed by atoms with Crippen molar-refractivity contribution in [1.82, 2.24) is 4.90 Å². The zero-order chi connectivity index (χ0) is 21.1.